The zero-order valence-corrected chi connectivity index (χ0v) is 15.5. The summed E-state index contributed by atoms with van der Waals surface area (Å²) in [6.07, 6.45) is 2.53. The van der Waals surface area contributed by atoms with Crippen molar-refractivity contribution in [3.8, 4) is 28.7 Å². The quantitative estimate of drug-likeness (QED) is 0.658. The molecule has 0 aliphatic heterocycles. The van der Waals surface area contributed by atoms with Crippen LogP contribution in [0, 0.1) is 0 Å². The first kappa shape index (κ1) is 17.5. The average molecular weight is 356 g/mol. The van der Waals surface area contributed by atoms with Crippen LogP contribution < -0.4 is 10.2 Å². The summed E-state index contributed by atoms with van der Waals surface area (Å²) >= 11 is 6.24. The molecule has 2 heterocycles. The van der Waals surface area contributed by atoms with Crippen LogP contribution in [0.15, 0.2) is 35.0 Å². The Morgan fingerprint density at radius 2 is 2.12 bits per heavy atom. The molecular weight excluding hydrogens is 336 g/mol. The molecule has 7 heteroatoms. The Morgan fingerprint density at radius 1 is 1.32 bits per heavy atom. The van der Waals surface area contributed by atoms with E-state index in [0.29, 0.717) is 28.2 Å². The van der Waals surface area contributed by atoms with Crippen molar-refractivity contribution >= 4 is 24.9 Å². The Hall–Kier alpha value is -2.34. The molecule has 0 amide bonds. The van der Waals surface area contributed by atoms with Gasteiger partial charge in [0, 0.05) is 11.8 Å². The average Bonchev–Trinajstić information content (AvgIpc) is 3.06. The number of halogens is 1. The van der Waals surface area contributed by atoms with Gasteiger partial charge in [-0.25, -0.2) is 4.98 Å². The lowest BCUT2D eigenvalue weighted by molar-refractivity contribution is 0.233. The number of hydrogen-bond donors (Lipinski definition) is 0. The third-order valence-corrected chi connectivity index (χ3v) is 4.10. The number of ether oxygens (including phenoxy) is 1. The van der Waals surface area contributed by atoms with E-state index < -0.39 is 0 Å². The Kier molecular flexibility index (Phi) is 5.09. The fourth-order valence-electron chi connectivity index (χ4n) is 2.68. The van der Waals surface area contributed by atoms with Crippen molar-refractivity contribution in [1.82, 2.24) is 15.1 Å². The molecule has 2 aromatic heterocycles. The summed E-state index contributed by atoms with van der Waals surface area (Å²) < 4.78 is 11.0. The van der Waals surface area contributed by atoms with E-state index in [2.05, 4.69) is 36.0 Å². The minimum Gasteiger partial charge on any atom is -0.474 e. The molecule has 0 aliphatic carbocycles. The fraction of sp³-hybridized carbons (Fsp3) is 0.278. The van der Waals surface area contributed by atoms with Crippen molar-refractivity contribution in [1.29, 1.82) is 0 Å². The van der Waals surface area contributed by atoms with Crippen LogP contribution in [-0.2, 0) is 6.42 Å². The first-order chi connectivity index (χ1) is 12.0. The molecule has 0 radical (unpaired) electrons. The molecule has 0 aliphatic rings. The van der Waals surface area contributed by atoms with Gasteiger partial charge in [0.05, 0.1) is 11.7 Å². The van der Waals surface area contributed by atoms with Crippen molar-refractivity contribution in [2.75, 3.05) is 0 Å². The number of benzene rings is 1. The normalized spacial score (nSPS) is 11.1. The molecule has 1 aromatic carbocycles. The number of nitrogens with zero attached hydrogens (tertiary/aromatic N) is 3. The summed E-state index contributed by atoms with van der Waals surface area (Å²) in [6, 6.07) is 7.81. The summed E-state index contributed by atoms with van der Waals surface area (Å²) in [5.74, 6) is 1.34. The van der Waals surface area contributed by atoms with Crippen molar-refractivity contribution in [3.63, 3.8) is 0 Å². The molecule has 0 spiro atoms. The lowest BCUT2D eigenvalue weighted by Gasteiger charge is -2.09. The van der Waals surface area contributed by atoms with E-state index in [1.165, 1.54) is 11.0 Å². The molecule has 3 rings (SSSR count). The lowest BCUT2D eigenvalue weighted by atomic mass is 9.86. The first-order valence-electron chi connectivity index (χ1n) is 8.24. The van der Waals surface area contributed by atoms with E-state index in [9.17, 15) is 0 Å². The third kappa shape index (κ3) is 3.69. The highest BCUT2D eigenvalue weighted by Gasteiger charge is 2.16. The second-order valence-corrected chi connectivity index (χ2v) is 6.46. The van der Waals surface area contributed by atoms with Crippen LogP contribution in [0.5, 0.6) is 5.88 Å². The molecule has 0 saturated heterocycles. The second kappa shape index (κ2) is 7.27. The van der Waals surface area contributed by atoms with Gasteiger partial charge in [0.25, 0.3) is 5.89 Å². The maximum absolute atomic E-state index is 6.24. The van der Waals surface area contributed by atoms with Gasteiger partial charge in [-0.1, -0.05) is 47.3 Å². The third-order valence-electron chi connectivity index (χ3n) is 3.83. The molecule has 3 aromatic rings. The molecule has 0 saturated carbocycles. The summed E-state index contributed by atoms with van der Waals surface area (Å²) in [6.45, 7) is 5.96. The topological polar surface area (TPSA) is 61.0 Å². The summed E-state index contributed by atoms with van der Waals surface area (Å²) in [5, 5.41) is 4.54. The minimum absolute atomic E-state index is 0.000331. The fourth-order valence-corrected chi connectivity index (χ4v) is 2.89. The van der Waals surface area contributed by atoms with Gasteiger partial charge in [-0.3, -0.25) is 0 Å². The largest absolute Gasteiger partial charge is 0.474 e. The van der Waals surface area contributed by atoms with Gasteiger partial charge in [0.15, 0.2) is 0 Å². The summed E-state index contributed by atoms with van der Waals surface area (Å²) in [4.78, 5) is 8.76. The Balaban J connectivity index is 1.95. The van der Waals surface area contributed by atoms with Crippen molar-refractivity contribution in [3.05, 3.63) is 41.0 Å². The molecule has 0 atom stereocenters. The van der Waals surface area contributed by atoms with Crippen LogP contribution in [0.25, 0.3) is 22.8 Å². The minimum atomic E-state index is -0.000331. The van der Waals surface area contributed by atoms with Crippen LogP contribution >= 0.6 is 11.6 Å². The van der Waals surface area contributed by atoms with Crippen LogP contribution in [0.1, 0.15) is 26.3 Å². The number of rotatable bonds is 5. The van der Waals surface area contributed by atoms with Crippen molar-refractivity contribution < 1.29 is 9.26 Å². The van der Waals surface area contributed by atoms with E-state index in [1.54, 1.807) is 12.3 Å². The van der Waals surface area contributed by atoms with Crippen LogP contribution in [0.3, 0.4) is 0 Å². The maximum atomic E-state index is 6.24. The summed E-state index contributed by atoms with van der Waals surface area (Å²) in [5.41, 5.74) is 4.07. The molecular formula is C18H19BClN3O2. The van der Waals surface area contributed by atoms with E-state index in [1.807, 2.05) is 26.0 Å². The highest BCUT2D eigenvalue weighted by molar-refractivity contribution is 6.33. The molecule has 0 bridgehead atoms. The predicted octanol–water partition coefficient (Wildman–Crippen LogP) is 3.06. The zero-order valence-electron chi connectivity index (χ0n) is 14.7. The van der Waals surface area contributed by atoms with Gasteiger partial charge in [0.2, 0.25) is 11.7 Å². The van der Waals surface area contributed by atoms with Crippen LogP contribution in [-0.4, -0.2) is 29.1 Å². The first-order valence-corrected chi connectivity index (χ1v) is 8.62. The van der Waals surface area contributed by atoms with Gasteiger partial charge < -0.3 is 9.26 Å². The van der Waals surface area contributed by atoms with E-state index >= 15 is 0 Å². The predicted molar refractivity (Wildman–Crippen MR) is 101 cm³/mol. The van der Waals surface area contributed by atoms with Gasteiger partial charge in [-0.05, 0) is 31.9 Å². The molecule has 0 unspecified atom stereocenters. The molecule has 0 N–H and O–H groups in total. The number of pyridine rings is 1. The molecule has 25 heavy (non-hydrogen) atoms. The highest BCUT2D eigenvalue weighted by Crippen LogP contribution is 2.29. The second-order valence-electron chi connectivity index (χ2n) is 6.06. The lowest BCUT2D eigenvalue weighted by Crippen LogP contribution is -2.10. The smallest absolute Gasteiger partial charge is 0.259 e. The SMILES string of the molecule is Bc1cccc(-c2noc(-c3cnc(OC(C)C)c(Cl)c3)n2)c1CC. The van der Waals surface area contributed by atoms with E-state index in [4.69, 9.17) is 20.9 Å². The van der Waals surface area contributed by atoms with Gasteiger partial charge >= 0.3 is 0 Å². The molecule has 0 fully saturated rings. The molecule has 5 nitrogen and oxygen atoms in total. The molecule has 128 valence electrons. The van der Waals surface area contributed by atoms with Crippen LogP contribution in [0.2, 0.25) is 5.02 Å². The van der Waals surface area contributed by atoms with Gasteiger partial charge in [0.1, 0.15) is 12.9 Å². The maximum Gasteiger partial charge on any atom is 0.259 e. The van der Waals surface area contributed by atoms with Gasteiger partial charge in [-0.2, -0.15) is 4.98 Å². The Labute approximate surface area is 152 Å². The van der Waals surface area contributed by atoms with Gasteiger partial charge in [-0.15, -0.1) is 0 Å². The standard InChI is InChI=1S/C18H19BClN3O2/c1-4-12-13(6-5-7-14(12)19)16-22-17(25-23-16)11-8-15(20)18(21-9-11)24-10(2)3/h5-10H,4,19H2,1-3H3. The Bertz CT molecular complexity index is 896. The zero-order chi connectivity index (χ0) is 18.0. The number of hydrogen-bond acceptors (Lipinski definition) is 5. The number of aromatic nitrogens is 3. The van der Waals surface area contributed by atoms with Crippen molar-refractivity contribution in [2.24, 2.45) is 0 Å². The summed E-state index contributed by atoms with van der Waals surface area (Å²) in [7, 11) is 2.08. The highest BCUT2D eigenvalue weighted by atomic mass is 35.5. The van der Waals surface area contributed by atoms with E-state index in [0.717, 1.165) is 12.0 Å². The van der Waals surface area contributed by atoms with Crippen LogP contribution in [0.4, 0.5) is 0 Å². The van der Waals surface area contributed by atoms with Crippen molar-refractivity contribution in [2.45, 2.75) is 33.3 Å². The Morgan fingerprint density at radius 3 is 2.80 bits per heavy atom. The monoisotopic (exact) mass is 355 g/mol. The van der Waals surface area contributed by atoms with E-state index in [-0.39, 0.29) is 6.10 Å².